The van der Waals surface area contributed by atoms with E-state index >= 15 is 0 Å². The van der Waals surface area contributed by atoms with Gasteiger partial charge in [-0.05, 0) is 81.0 Å². The summed E-state index contributed by atoms with van der Waals surface area (Å²) < 4.78 is 29.3. The Bertz CT molecular complexity index is 1520. The standard InChI is InChI=1S/C33H40ClN3O4S/c1-5-30(33(39)35-28-12-8-9-13-28)36(21-26-11-7-6-10-24(26)3)32(38)22-37(31-20-27(34)17-16-25(31)4)42(40,41)29-18-14-23(2)15-19-29/h6-7,10-11,14-20,28,30H,5,8-9,12-13,21-22H2,1-4H3,(H,35,39)/t30-/m1/s1. The van der Waals surface area contributed by atoms with E-state index in [1.54, 1.807) is 37.3 Å². The number of anilines is 1. The van der Waals surface area contributed by atoms with Crippen LogP contribution >= 0.6 is 11.6 Å². The number of carbonyl (C=O) groups excluding carboxylic acids is 2. The SMILES string of the molecule is CC[C@H](C(=O)NC1CCCC1)N(Cc1ccccc1C)C(=O)CN(c1cc(Cl)ccc1C)S(=O)(=O)c1ccc(C)cc1. The molecule has 4 rings (SSSR count). The Morgan fingerprint density at radius 2 is 1.62 bits per heavy atom. The Morgan fingerprint density at radius 3 is 2.26 bits per heavy atom. The monoisotopic (exact) mass is 609 g/mol. The second kappa shape index (κ2) is 13.7. The van der Waals surface area contributed by atoms with E-state index in [-0.39, 0.29) is 23.4 Å². The molecular formula is C33H40ClN3O4S. The summed E-state index contributed by atoms with van der Waals surface area (Å²) in [6.07, 6.45) is 4.36. The Labute approximate surface area is 254 Å². The van der Waals surface area contributed by atoms with E-state index in [4.69, 9.17) is 11.6 Å². The van der Waals surface area contributed by atoms with Gasteiger partial charge in [-0.2, -0.15) is 0 Å². The molecule has 1 N–H and O–H groups in total. The van der Waals surface area contributed by atoms with Crippen LogP contribution in [0.15, 0.2) is 71.6 Å². The number of aryl methyl sites for hydroxylation is 3. The zero-order chi connectivity index (χ0) is 30.4. The number of sulfonamides is 1. The molecule has 0 radical (unpaired) electrons. The van der Waals surface area contributed by atoms with Gasteiger partial charge < -0.3 is 10.2 Å². The van der Waals surface area contributed by atoms with Gasteiger partial charge in [-0.3, -0.25) is 13.9 Å². The number of amides is 2. The van der Waals surface area contributed by atoms with Crippen molar-refractivity contribution < 1.29 is 18.0 Å². The Morgan fingerprint density at radius 1 is 0.952 bits per heavy atom. The van der Waals surface area contributed by atoms with Crippen molar-refractivity contribution in [1.29, 1.82) is 0 Å². The molecule has 0 spiro atoms. The topological polar surface area (TPSA) is 86.8 Å². The van der Waals surface area contributed by atoms with Gasteiger partial charge in [0, 0.05) is 17.6 Å². The smallest absolute Gasteiger partial charge is 0.264 e. The fraction of sp³-hybridized carbons (Fsp3) is 0.394. The molecule has 0 aliphatic heterocycles. The fourth-order valence-electron chi connectivity index (χ4n) is 5.46. The number of nitrogens with one attached hydrogen (secondary N) is 1. The van der Waals surface area contributed by atoms with Gasteiger partial charge in [0.25, 0.3) is 10.0 Å². The summed E-state index contributed by atoms with van der Waals surface area (Å²) in [4.78, 5) is 29.5. The van der Waals surface area contributed by atoms with Gasteiger partial charge >= 0.3 is 0 Å². The first-order valence-electron chi connectivity index (χ1n) is 14.5. The van der Waals surface area contributed by atoms with Crippen LogP contribution in [0, 0.1) is 20.8 Å². The summed E-state index contributed by atoms with van der Waals surface area (Å²) in [5.41, 5.74) is 3.76. The molecule has 3 aromatic carbocycles. The second-order valence-corrected chi connectivity index (χ2v) is 13.4. The molecule has 0 bridgehead atoms. The van der Waals surface area contributed by atoms with Crippen molar-refractivity contribution in [2.45, 2.75) is 83.3 Å². The van der Waals surface area contributed by atoms with Crippen LogP contribution in [0.25, 0.3) is 0 Å². The van der Waals surface area contributed by atoms with E-state index in [2.05, 4.69) is 5.32 Å². The van der Waals surface area contributed by atoms with E-state index in [9.17, 15) is 18.0 Å². The molecule has 9 heteroatoms. The van der Waals surface area contributed by atoms with Crippen LogP contribution in [-0.4, -0.2) is 43.8 Å². The molecule has 1 atom stereocenters. The highest BCUT2D eigenvalue weighted by molar-refractivity contribution is 7.92. The lowest BCUT2D eigenvalue weighted by Crippen LogP contribution is -2.53. The second-order valence-electron chi connectivity index (χ2n) is 11.1. The van der Waals surface area contributed by atoms with Gasteiger partial charge in [0.15, 0.2) is 0 Å². The van der Waals surface area contributed by atoms with Gasteiger partial charge in [0.05, 0.1) is 10.6 Å². The van der Waals surface area contributed by atoms with E-state index in [0.717, 1.165) is 46.7 Å². The molecule has 3 aromatic rings. The summed E-state index contributed by atoms with van der Waals surface area (Å²) in [5.74, 6) is -0.681. The van der Waals surface area contributed by atoms with Crippen molar-refractivity contribution in [3.05, 3.63) is 94.0 Å². The Balaban J connectivity index is 1.75. The summed E-state index contributed by atoms with van der Waals surface area (Å²) in [6, 6.07) is 18.5. The van der Waals surface area contributed by atoms with Crippen LogP contribution < -0.4 is 9.62 Å². The average Bonchev–Trinajstić information content (AvgIpc) is 3.47. The summed E-state index contributed by atoms with van der Waals surface area (Å²) >= 11 is 6.33. The van der Waals surface area contributed by atoms with E-state index < -0.39 is 28.5 Å². The van der Waals surface area contributed by atoms with Crippen molar-refractivity contribution in [2.75, 3.05) is 10.8 Å². The van der Waals surface area contributed by atoms with Crippen molar-refractivity contribution in [1.82, 2.24) is 10.2 Å². The molecule has 0 saturated heterocycles. The molecule has 2 amide bonds. The van der Waals surface area contributed by atoms with Crippen molar-refractivity contribution in [2.24, 2.45) is 0 Å². The van der Waals surface area contributed by atoms with Gasteiger partial charge in [-0.1, -0.05) is 79.4 Å². The van der Waals surface area contributed by atoms with Crippen LogP contribution in [-0.2, 0) is 26.2 Å². The number of nitrogens with zero attached hydrogens (tertiary/aromatic N) is 2. The Hall–Kier alpha value is -3.36. The first kappa shape index (κ1) is 31.6. The van der Waals surface area contributed by atoms with Crippen LogP contribution in [0.3, 0.4) is 0 Å². The molecule has 224 valence electrons. The number of benzene rings is 3. The first-order valence-corrected chi connectivity index (χ1v) is 16.3. The zero-order valence-corrected chi connectivity index (χ0v) is 26.3. The summed E-state index contributed by atoms with van der Waals surface area (Å²) in [7, 11) is -4.16. The molecule has 0 heterocycles. The molecule has 42 heavy (non-hydrogen) atoms. The van der Waals surface area contributed by atoms with Crippen molar-refractivity contribution in [3.8, 4) is 0 Å². The predicted octanol–water partition coefficient (Wildman–Crippen LogP) is 6.33. The normalized spacial score (nSPS) is 14.4. The number of hydrogen-bond acceptors (Lipinski definition) is 4. The van der Waals surface area contributed by atoms with E-state index in [1.807, 2.05) is 45.0 Å². The lowest BCUT2D eigenvalue weighted by Gasteiger charge is -2.34. The molecule has 0 aromatic heterocycles. The largest absolute Gasteiger partial charge is 0.352 e. The third kappa shape index (κ3) is 7.34. The van der Waals surface area contributed by atoms with E-state index in [1.165, 1.54) is 17.0 Å². The molecule has 1 fully saturated rings. The maximum atomic E-state index is 14.3. The zero-order valence-electron chi connectivity index (χ0n) is 24.8. The molecule has 1 aliphatic rings. The van der Waals surface area contributed by atoms with Gasteiger partial charge in [-0.15, -0.1) is 0 Å². The summed E-state index contributed by atoms with van der Waals surface area (Å²) in [5, 5.41) is 3.50. The predicted molar refractivity (Wildman–Crippen MR) is 168 cm³/mol. The lowest BCUT2D eigenvalue weighted by molar-refractivity contribution is -0.140. The highest BCUT2D eigenvalue weighted by Crippen LogP contribution is 2.30. The van der Waals surface area contributed by atoms with Crippen LogP contribution in [0.4, 0.5) is 5.69 Å². The van der Waals surface area contributed by atoms with Gasteiger partial charge in [-0.25, -0.2) is 8.42 Å². The lowest BCUT2D eigenvalue weighted by atomic mass is 10.1. The first-order chi connectivity index (χ1) is 20.0. The van der Waals surface area contributed by atoms with Gasteiger partial charge in [0.2, 0.25) is 11.8 Å². The maximum absolute atomic E-state index is 14.3. The number of halogens is 1. The minimum absolute atomic E-state index is 0.0664. The van der Waals surface area contributed by atoms with E-state index in [0.29, 0.717) is 22.7 Å². The maximum Gasteiger partial charge on any atom is 0.264 e. The number of rotatable bonds is 11. The van der Waals surface area contributed by atoms with Gasteiger partial charge in [0.1, 0.15) is 12.6 Å². The molecule has 0 unspecified atom stereocenters. The van der Waals surface area contributed by atoms with Crippen LogP contribution in [0.2, 0.25) is 5.02 Å². The highest BCUT2D eigenvalue weighted by Gasteiger charge is 2.35. The summed E-state index contributed by atoms with van der Waals surface area (Å²) in [6.45, 7) is 7.18. The molecule has 1 aliphatic carbocycles. The molecular weight excluding hydrogens is 570 g/mol. The third-order valence-electron chi connectivity index (χ3n) is 8.02. The average molecular weight is 610 g/mol. The fourth-order valence-corrected chi connectivity index (χ4v) is 7.10. The van der Waals surface area contributed by atoms with Crippen LogP contribution in [0.5, 0.6) is 0 Å². The van der Waals surface area contributed by atoms with Crippen molar-refractivity contribution in [3.63, 3.8) is 0 Å². The molecule has 7 nitrogen and oxygen atoms in total. The van der Waals surface area contributed by atoms with Crippen LogP contribution in [0.1, 0.15) is 61.3 Å². The third-order valence-corrected chi connectivity index (χ3v) is 10.0. The minimum atomic E-state index is -4.16. The Kier molecular flexibility index (Phi) is 10.3. The number of hydrogen-bond donors (Lipinski definition) is 1. The highest BCUT2D eigenvalue weighted by atomic mass is 35.5. The number of carbonyl (C=O) groups is 2. The minimum Gasteiger partial charge on any atom is -0.352 e. The quantitative estimate of drug-likeness (QED) is 0.275. The van der Waals surface area contributed by atoms with Crippen molar-refractivity contribution >= 4 is 39.1 Å². The molecule has 1 saturated carbocycles.